The Morgan fingerprint density at radius 3 is 2.89 bits per heavy atom. The topological polar surface area (TPSA) is 90.2 Å². The number of ether oxygens (including phenoxy) is 1. The monoisotopic (exact) mass is 264 g/mol. The van der Waals surface area contributed by atoms with Crippen molar-refractivity contribution in [2.24, 2.45) is 0 Å². The fraction of sp³-hybridized carbons (Fsp3) is 0.0909. The molecular formula is C11H9FN4O3. The molecule has 0 aliphatic heterocycles. The molecule has 0 aliphatic rings. The van der Waals surface area contributed by atoms with E-state index in [2.05, 4.69) is 15.3 Å². The molecule has 0 bridgehead atoms. The van der Waals surface area contributed by atoms with Gasteiger partial charge in [-0.15, -0.1) is 0 Å². The van der Waals surface area contributed by atoms with E-state index in [9.17, 15) is 14.5 Å². The lowest BCUT2D eigenvalue weighted by molar-refractivity contribution is -0.386. The summed E-state index contributed by atoms with van der Waals surface area (Å²) in [5, 5.41) is 13.5. The maximum atomic E-state index is 13.0. The molecule has 1 heterocycles. The van der Waals surface area contributed by atoms with E-state index in [0.717, 1.165) is 12.3 Å². The number of rotatable bonds is 4. The molecular weight excluding hydrogens is 255 g/mol. The first-order chi connectivity index (χ1) is 9.10. The second-order valence-corrected chi connectivity index (χ2v) is 3.45. The second-order valence-electron chi connectivity index (χ2n) is 3.45. The molecule has 0 unspecified atom stereocenters. The molecule has 2 aromatic rings. The zero-order chi connectivity index (χ0) is 13.8. The number of nitrogens with one attached hydrogen (secondary N) is 1. The highest BCUT2D eigenvalue weighted by molar-refractivity contribution is 5.45. The lowest BCUT2D eigenvalue weighted by Gasteiger charge is -2.06. The van der Waals surface area contributed by atoms with Gasteiger partial charge in [-0.25, -0.2) is 9.37 Å². The predicted molar refractivity (Wildman–Crippen MR) is 64.7 cm³/mol. The summed E-state index contributed by atoms with van der Waals surface area (Å²) in [7, 11) is 1.56. The summed E-state index contributed by atoms with van der Waals surface area (Å²) >= 11 is 0. The van der Waals surface area contributed by atoms with Gasteiger partial charge in [0.2, 0.25) is 5.95 Å². The summed E-state index contributed by atoms with van der Waals surface area (Å²) in [4.78, 5) is 17.7. The highest BCUT2D eigenvalue weighted by atomic mass is 19.1. The maximum absolute atomic E-state index is 13.0. The summed E-state index contributed by atoms with van der Waals surface area (Å²) in [6, 6.07) is 5.23. The first-order valence-electron chi connectivity index (χ1n) is 5.23. The van der Waals surface area contributed by atoms with Crippen molar-refractivity contribution in [2.45, 2.75) is 0 Å². The minimum Gasteiger partial charge on any atom is -0.433 e. The van der Waals surface area contributed by atoms with E-state index in [1.807, 2.05) is 0 Å². The molecule has 98 valence electrons. The second kappa shape index (κ2) is 5.25. The molecule has 19 heavy (non-hydrogen) atoms. The third-order valence-corrected chi connectivity index (χ3v) is 2.17. The van der Waals surface area contributed by atoms with Crippen molar-refractivity contribution in [3.8, 4) is 11.6 Å². The fourth-order valence-corrected chi connectivity index (χ4v) is 1.32. The first kappa shape index (κ1) is 12.7. The molecule has 0 atom stereocenters. The van der Waals surface area contributed by atoms with Crippen molar-refractivity contribution in [2.75, 3.05) is 12.4 Å². The van der Waals surface area contributed by atoms with Crippen LogP contribution in [0.4, 0.5) is 16.0 Å². The SMILES string of the molecule is CNc1ncc([N+](=O)[O-])c(Oc2cccc(F)c2)n1. The third kappa shape index (κ3) is 2.92. The van der Waals surface area contributed by atoms with Crippen LogP contribution in [0, 0.1) is 15.9 Å². The normalized spacial score (nSPS) is 10.0. The summed E-state index contributed by atoms with van der Waals surface area (Å²) < 4.78 is 18.2. The van der Waals surface area contributed by atoms with Crippen LogP contribution in [-0.2, 0) is 0 Å². The third-order valence-electron chi connectivity index (χ3n) is 2.17. The van der Waals surface area contributed by atoms with Crippen LogP contribution < -0.4 is 10.1 Å². The van der Waals surface area contributed by atoms with Gasteiger partial charge in [0.25, 0.3) is 0 Å². The number of aromatic nitrogens is 2. The van der Waals surface area contributed by atoms with Crippen LogP contribution in [0.5, 0.6) is 11.6 Å². The van der Waals surface area contributed by atoms with Crippen LogP contribution in [0.2, 0.25) is 0 Å². The zero-order valence-corrected chi connectivity index (χ0v) is 9.83. The minimum absolute atomic E-state index is 0.115. The summed E-state index contributed by atoms with van der Waals surface area (Å²) in [5.74, 6) is -0.487. The van der Waals surface area contributed by atoms with Gasteiger partial charge in [0, 0.05) is 13.1 Å². The molecule has 0 fully saturated rings. The average Bonchev–Trinajstić information content (AvgIpc) is 2.38. The van der Waals surface area contributed by atoms with Gasteiger partial charge in [-0.3, -0.25) is 10.1 Å². The van der Waals surface area contributed by atoms with Crippen molar-refractivity contribution >= 4 is 11.6 Å². The van der Waals surface area contributed by atoms with Crippen LogP contribution in [-0.4, -0.2) is 21.9 Å². The van der Waals surface area contributed by atoms with Crippen molar-refractivity contribution in [1.82, 2.24) is 9.97 Å². The quantitative estimate of drug-likeness (QED) is 0.673. The van der Waals surface area contributed by atoms with Crippen molar-refractivity contribution in [1.29, 1.82) is 0 Å². The van der Waals surface area contributed by atoms with Crippen molar-refractivity contribution in [3.63, 3.8) is 0 Å². The number of nitro groups is 1. The number of halogens is 1. The molecule has 2 rings (SSSR count). The van der Waals surface area contributed by atoms with Gasteiger partial charge < -0.3 is 10.1 Å². The Morgan fingerprint density at radius 2 is 2.26 bits per heavy atom. The Bertz CT molecular complexity index is 621. The molecule has 8 heteroatoms. The Balaban J connectivity index is 2.39. The molecule has 7 nitrogen and oxygen atoms in total. The van der Waals surface area contributed by atoms with Crippen molar-refractivity contribution in [3.05, 3.63) is 46.4 Å². The Hall–Kier alpha value is -2.77. The molecule has 1 N–H and O–H groups in total. The van der Waals surface area contributed by atoms with Gasteiger partial charge in [0.15, 0.2) is 0 Å². The zero-order valence-electron chi connectivity index (χ0n) is 9.83. The van der Waals surface area contributed by atoms with E-state index in [0.29, 0.717) is 0 Å². The Kier molecular flexibility index (Phi) is 3.51. The van der Waals surface area contributed by atoms with Gasteiger partial charge in [0.05, 0.1) is 4.92 Å². The van der Waals surface area contributed by atoms with Crippen molar-refractivity contribution < 1.29 is 14.1 Å². The lowest BCUT2D eigenvalue weighted by Crippen LogP contribution is -2.02. The molecule has 0 saturated carbocycles. The van der Waals surface area contributed by atoms with Gasteiger partial charge in [-0.1, -0.05) is 6.07 Å². The highest BCUT2D eigenvalue weighted by Gasteiger charge is 2.19. The minimum atomic E-state index is -0.673. The van der Waals surface area contributed by atoms with Crippen LogP contribution in [0.3, 0.4) is 0 Å². The van der Waals surface area contributed by atoms with Crippen LogP contribution in [0.1, 0.15) is 0 Å². The largest absolute Gasteiger partial charge is 0.433 e. The van der Waals surface area contributed by atoms with Gasteiger partial charge in [0.1, 0.15) is 17.8 Å². The van der Waals surface area contributed by atoms with E-state index in [-0.39, 0.29) is 17.6 Å². The van der Waals surface area contributed by atoms with E-state index in [1.54, 1.807) is 7.05 Å². The Labute approximate surface area is 107 Å². The maximum Gasteiger partial charge on any atom is 0.349 e. The van der Waals surface area contributed by atoms with Gasteiger partial charge in [-0.05, 0) is 12.1 Å². The number of benzene rings is 1. The van der Waals surface area contributed by atoms with Crippen LogP contribution >= 0.6 is 0 Å². The molecule has 0 amide bonds. The van der Waals surface area contributed by atoms with Gasteiger partial charge >= 0.3 is 11.6 Å². The first-order valence-corrected chi connectivity index (χ1v) is 5.23. The predicted octanol–water partition coefficient (Wildman–Crippen LogP) is 2.36. The van der Waals surface area contributed by atoms with E-state index in [4.69, 9.17) is 4.74 Å². The number of nitrogens with zero attached hydrogens (tertiary/aromatic N) is 3. The van der Waals surface area contributed by atoms with E-state index < -0.39 is 16.4 Å². The molecule has 0 spiro atoms. The lowest BCUT2D eigenvalue weighted by atomic mass is 10.3. The molecule has 0 saturated heterocycles. The average molecular weight is 264 g/mol. The molecule has 0 radical (unpaired) electrons. The van der Waals surface area contributed by atoms with Crippen LogP contribution in [0.15, 0.2) is 30.5 Å². The summed E-state index contributed by atoms with van der Waals surface area (Å²) in [6.45, 7) is 0. The van der Waals surface area contributed by atoms with Gasteiger partial charge in [-0.2, -0.15) is 4.98 Å². The smallest absolute Gasteiger partial charge is 0.349 e. The van der Waals surface area contributed by atoms with Crippen LogP contribution in [0.25, 0.3) is 0 Å². The Morgan fingerprint density at radius 1 is 1.47 bits per heavy atom. The fourth-order valence-electron chi connectivity index (χ4n) is 1.32. The number of anilines is 1. The number of hydrogen-bond acceptors (Lipinski definition) is 6. The molecule has 1 aromatic carbocycles. The summed E-state index contributed by atoms with van der Waals surface area (Å²) in [6.07, 6.45) is 1.02. The highest BCUT2D eigenvalue weighted by Crippen LogP contribution is 2.29. The van der Waals surface area contributed by atoms with E-state index in [1.165, 1.54) is 18.2 Å². The summed E-state index contributed by atoms with van der Waals surface area (Å²) in [5.41, 5.74) is -0.400. The van der Waals surface area contributed by atoms with E-state index >= 15 is 0 Å². The number of hydrogen-bond donors (Lipinski definition) is 1. The molecule has 1 aromatic heterocycles. The molecule has 0 aliphatic carbocycles. The standard InChI is InChI=1S/C11H9FN4O3/c1-13-11-14-6-9(16(17)18)10(15-11)19-8-4-2-3-7(12)5-8/h2-6H,1H3,(H,13,14,15).